The van der Waals surface area contributed by atoms with Crippen molar-refractivity contribution in [2.24, 2.45) is 0 Å². The van der Waals surface area contributed by atoms with Crippen molar-refractivity contribution >= 4 is 84.6 Å². The molecule has 1 N–H and O–H groups in total. The molecule has 0 aliphatic carbocycles. The molecule has 3 rings (SSSR count). The number of rotatable bonds is 7. The number of thiazole rings is 1. The maximum Gasteiger partial charge on any atom is 0.415 e. The van der Waals surface area contributed by atoms with Gasteiger partial charge in [0.2, 0.25) is 0 Å². The zero-order valence-corrected chi connectivity index (χ0v) is 25.2. The van der Waals surface area contributed by atoms with E-state index in [1.165, 1.54) is 27.6 Å². The van der Waals surface area contributed by atoms with Gasteiger partial charge < -0.3 is 19.6 Å². The Morgan fingerprint density at radius 2 is 1.89 bits per heavy atom. The SMILES string of the molecule is CC(C)(C)OC(=O)N[C@@H](C=O)Cc1sc2c(N(Cc3nccs3)C(=O)OC(C)(C)C)cc(Cl)nc2c1Br. The number of anilines is 1. The average molecular weight is 632 g/mol. The molecule has 2 amide bonds. The van der Waals surface area contributed by atoms with Gasteiger partial charge in [0.1, 0.15) is 27.6 Å². The molecular weight excluding hydrogens is 604 g/mol. The van der Waals surface area contributed by atoms with Crippen LogP contribution in [0.3, 0.4) is 0 Å². The van der Waals surface area contributed by atoms with Crippen LogP contribution in [-0.2, 0) is 27.2 Å². The number of nitrogens with one attached hydrogen (secondary N) is 1. The first kappa shape index (κ1) is 29.3. The van der Waals surface area contributed by atoms with Crippen molar-refractivity contribution in [1.29, 1.82) is 0 Å². The van der Waals surface area contributed by atoms with E-state index in [9.17, 15) is 14.4 Å². The molecule has 13 heteroatoms. The third-order valence-electron chi connectivity index (χ3n) is 4.55. The number of carbonyl (C=O) groups is 3. The second kappa shape index (κ2) is 11.6. The highest BCUT2D eigenvalue weighted by atomic mass is 79.9. The van der Waals surface area contributed by atoms with Crippen LogP contribution in [0.1, 0.15) is 51.4 Å². The minimum absolute atomic E-state index is 0.171. The summed E-state index contributed by atoms with van der Waals surface area (Å²) in [6.07, 6.45) is 1.25. The molecule has 200 valence electrons. The van der Waals surface area contributed by atoms with Crippen LogP contribution in [0.2, 0.25) is 5.15 Å². The first-order valence-electron chi connectivity index (χ1n) is 11.3. The summed E-state index contributed by atoms with van der Waals surface area (Å²) in [4.78, 5) is 48.2. The number of nitrogens with zero attached hydrogens (tertiary/aromatic N) is 3. The summed E-state index contributed by atoms with van der Waals surface area (Å²) in [5.41, 5.74) is -0.399. The van der Waals surface area contributed by atoms with E-state index in [1.807, 2.05) is 5.38 Å². The van der Waals surface area contributed by atoms with Gasteiger partial charge >= 0.3 is 12.2 Å². The van der Waals surface area contributed by atoms with Gasteiger partial charge in [-0.2, -0.15) is 0 Å². The van der Waals surface area contributed by atoms with E-state index in [4.69, 9.17) is 21.1 Å². The van der Waals surface area contributed by atoms with E-state index in [1.54, 1.807) is 53.8 Å². The van der Waals surface area contributed by atoms with Crippen molar-refractivity contribution in [2.75, 3.05) is 4.90 Å². The molecule has 9 nitrogen and oxygen atoms in total. The molecule has 0 bridgehead atoms. The lowest BCUT2D eigenvalue weighted by Gasteiger charge is -2.27. The molecule has 0 aromatic carbocycles. The molecule has 0 aliphatic heterocycles. The van der Waals surface area contributed by atoms with Crippen LogP contribution >= 0.6 is 50.2 Å². The lowest BCUT2D eigenvalue weighted by molar-refractivity contribution is -0.109. The number of amides is 2. The summed E-state index contributed by atoms with van der Waals surface area (Å²) in [6.45, 7) is 10.8. The number of aldehydes is 1. The van der Waals surface area contributed by atoms with Crippen LogP contribution in [0.15, 0.2) is 22.1 Å². The van der Waals surface area contributed by atoms with E-state index in [-0.39, 0.29) is 18.1 Å². The van der Waals surface area contributed by atoms with Crippen LogP contribution in [0.5, 0.6) is 0 Å². The van der Waals surface area contributed by atoms with Gasteiger partial charge in [-0.15, -0.1) is 22.7 Å². The third-order valence-corrected chi connectivity index (χ3v) is 7.85. The minimum atomic E-state index is -0.838. The number of fused-ring (bicyclic) bond motifs is 1. The first-order valence-corrected chi connectivity index (χ1v) is 14.1. The van der Waals surface area contributed by atoms with Gasteiger partial charge in [0.25, 0.3) is 0 Å². The van der Waals surface area contributed by atoms with Gasteiger partial charge in [-0.25, -0.2) is 19.6 Å². The number of carbonyl (C=O) groups excluding carboxylic acids is 3. The van der Waals surface area contributed by atoms with E-state index in [0.29, 0.717) is 31.7 Å². The fraction of sp³-hybridized carbons (Fsp3) is 0.458. The summed E-state index contributed by atoms with van der Waals surface area (Å²) in [7, 11) is 0. The Balaban J connectivity index is 2.01. The van der Waals surface area contributed by atoms with Crippen LogP contribution < -0.4 is 10.2 Å². The Morgan fingerprint density at radius 1 is 1.22 bits per heavy atom. The van der Waals surface area contributed by atoms with E-state index >= 15 is 0 Å². The average Bonchev–Trinajstić information content (AvgIpc) is 3.37. The Morgan fingerprint density at radius 3 is 2.46 bits per heavy atom. The van der Waals surface area contributed by atoms with Crippen molar-refractivity contribution in [1.82, 2.24) is 15.3 Å². The van der Waals surface area contributed by atoms with Gasteiger partial charge in [0.05, 0.1) is 33.0 Å². The second-order valence-electron chi connectivity index (χ2n) is 10.1. The van der Waals surface area contributed by atoms with Crippen LogP contribution in [0, 0.1) is 0 Å². The van der Waals surface area contributed by atoms with E-state index in [0.717, 1.165) is 4.88 Å². The Labute approximate surface area is 236 Å². The van der Waals surface area contributed by atoms with Crippen molar-refractivity contribution in [3.05, 3.63) is 37.2 Å². The highest BCUT2D eigenvalue weighted by Gasteiger charge is 2.29. The minimum Gasteiger partial charge on any atom is -0.444 e. The predicted octanol–water partition coefficient (Wildman–Crippen LogP) is 6.75. The summed E-state index contributed by atoms with van der Waals surface area (Å²) >= 11 is 12.7. The number of ether oxygens (including phenoxy) is 2. The fourth-order valence-corrected chi connectivity index (χ4v) is 6.02. The zero-order valence-electron chi connectivity index (χ0n) is 21.3. The second-order valence-corrected chi connectivity index (χ2v) is 13.3. The topological polar surface area (TPSA) is 111 Å². The maximum atomic E-state index is 13.3. The Bertz CT molecular complexity index is 1290. The fourth-order valence-electron chi connectivity index (χ4n) is 3.19. The molecule has 0 radical (unpaired) electrons. The summed E-state index contributed by atoms with van der Waals surface area (Å²) in [6, 6.07) is 0.764. The molecule has 3 heterocycles. The van der Waals surface area contributed by atoms with Crippen molar-refractivity contribution < 1.29 is 23.9 Å². The first-order chi connectivity index (χ1) is 17.2. The highest BCUT2D eigenvalue weighted by molar-refractivity contribution is 9.10. The van der Waals surface area contributed by atoms with E-state index in [2.05, 4.69) is 31.2 Å². The van der Waals surface area contributed by atoms with Gasteiger partial charge in [0, 0.05) is 28.9 Å². The molecule has 3 aromatic rings. The van der Waals surface area contributed by atoms with Gasteiger partial charge in [-0.3, -0.25) is 4.90 Å². The van der Waals surface area contributed by atoms with Crippen LogP contribution in [0.4, 0.5) is 15.3 Å². The van der Waals surface area contributed by atoms with Gasteiger partial charge in [0.15, 0.2) is 0 Å². The summed E-state index contributed by atoms with van der Waals surface area (Å²) in [5, 5.41) is 5.31. The Hall–Kier alpha value is -2.28. The standard InChI is InChI=1S/C24H28BrClN4O5S2/c1-23(2,3)34-21(32)28-13(12-31)9-15-18(25)19-20(37-15)14(10-16(26)29-19)30(11-17-27-7-8-36-17)22(33)35-24(4,5)6/h7-8,10,12-13H,9,11H2,1-6H3,(H,28,32)/t13-/m1/s1. The number of hydrogen-bond donors (Lipinski definition) is 1. The molecule has 0 spiro atoms. The van der Waals surface area contributed by atoms with Crippen molar-refractivity contribution in [3.8, 4) is 0 Å². The monoisotopic (exact) mass is 630 g/mol. The third kappa shape index (κ3) is 8.10. The number of halogens is 2. The maximum absolute atomic E-state index is 13.3. The lowest BCUT2D eigenvalue weighted by atomic mass is 10.2. The van der Waals surface area contributed by atoms with Crippen LogP contribution in [0.25, 0.3) is 10.2 Å². The number of thiophene rings is 1. The lowest BCUT2D eigenvalue weighted by Crippen LogP contribution is -2.41. The number of hydrogen-bond acceptors (Lipinski definition) is 9. The molecule has 0 unspecified atom stereocenters. The van der Waals surface area contributed by atoms with Crippen molar-refractivity contribution in [3.63, 3.8) is 0 Å². The predicted molar refractivity (Wildman–Crippen MR) is 150 cm³/mol. The van der Waals surface area contributed by atoms with Gasteiger partial charge in [-0.1, -0.05) is 11.6 Å². The zero-order chi connectivity index (χ0) is 27.5. The molecule has 0 saturated heterocycles. The quantitative estimate of drug-likeness (QED) is 0.227. The van der Waals surface area contributed by atoms with Crippen LogP contribution in [-0.4, -0.2) is 45.7 Å². The summed E-state index contributed by atoms with van der Waals surface area (Å²) in [5.74, 6) is 0. The highest BCUT2D eigenvalue weighted by Crippen LogP contribution is 2.42. The number of pyridine rings is 1. The molecule has 0 aliphatic rings. The molecule has 3 aromatic heterocycles. The number of alkyl carbamates (subject to hydrolysis) is 1. The largest absolute Gasteiger partial charge is 0.444 e. The molecule has 37 heavy (non-hydrogen) atoms. The molecule has 0 saturated carbocycles. The molecule has 1 atom stereocenters. The van der Waals surface area contributed by atoms with E-state index < -0.39 is 29.4 Å². The smallest absolute Gasteiger partial charge is 0.415 e. The number of aromatic nitrogens is 2. The van der Waals surface area contributed by atoms with Gasteiger partial charge in [-0.05, 0) is 57.5 Å². The summed E-state index contributed by atoms with van der Waals surface area (Å²) < 4.78 is 12.2. The molecule has 0 fully saturated rings. The van der Waals surface area contributed by atoms with Crippen molar-refractivity contribution in [2.45, 2.75) is 71.8 Å². The normalized spacial score (nSPS) is 12.8. The Kier molecular flexibility index (Phi) is 9.20. The molecular formula is C24H28BrClN4O5S2.